The summed E-state index contributed by atoms with van der Waals surface area (Å²) in [6.45, 7) is 6.85. The van der Waals surface area contributed by atoms with E-state index in [0.29, 0.717) is 11.4 Å². The van der Waals surface area contributed by atoms with E-state index in [4.69, 9.17) is 16.3 Å². The number of amides is 1. The van der Waals surface area contributed by atoms with Gasteiger partial charge < -0.3 is 19.4 Å². The second-order valence-corrected chi connectivity index (χ2v) is 7.78. The Morgan fingerprint density at radius 3 is 2.65 bits per heavy atom. The van der Waals surface area contributed by atoms with Crippen molar-refractivity contribution < 1.29 is 9.53 Å². The molecule has 0 atom stereocenters. The zero-order chi connectivity index (χ0) is 18.4. The quantitative estimate of drug-likeness (QED) is 0.788. The molecular formula is C20H30ClN3O2. The molecule has 2 heterocycles. The highest BCUT2D eigenvalue weighted by Gasteiger charge is 2.24. The number of halogens is 1. The van der Waals surface area contributed by atoms with Gasteiger partial charge in [0.1, 0.15) is 11.9 Å². The maximum atomic E-state index is 12.5. The molecule has 2 aliphatic rings. The van der Waals surface area contributed by atoms with Gasteiger partial charge in [-0.1, -0.05) is 23.7 Å². The summed E-state index contributed by atoms with van der Waals surface area (Å²) < 4.78 is 6.01. The lowest BCUT2D eigenvalue weighted by Gasteiger charge is -2.33. The number of benzene rings is 1. The van der Waals surface area contributed by atoms with Crippen LogP contribution in [0.1, 0.15) is 25.7 Å². The molecule has 2 fully saturated rings. The summed E-state index contributed by atoms with van der Waals surface area (Å²) in [6, 6.07) is 7.58. The summed E-state index contributed by atoms with van der Waals surface area (Å²) in [6.07, 6.45) is 3.69. The van der Waals surface area contributed by atoms with Crippen LogP contribution in [-0.4, -0.2) is 79.6 Å². The molecule has 1 amide bonds. The lowest BCUT2D eigenvalue weighted by Crippen LogP contribution is -2.43. The van der Waals surface area contributed by atoms with E-state index in [-0.39, 0.29) is 12.0 Å². The van der Waals surface area contributed by atoms with E-state index in [1.165, 1.54) is 6.42 Å². The van der Waals surface area contributed by atoms with Gasteiger partial charge in [-0.2, -0.15) is 0 Å². The van der Waals surface area contributed by atoms with Crippen LogP contribution >= 0.6 is 11.6 Å². The number of hydrogen-bond donors (Lipinski definition) is 0. The van der Waals surface area contributed by atoms with Crippen molar-refractivity contribution in [2.45, 2.75) is 31.8 Å². The van der Waals surface area contributed by atoms with Gasteiger partial charge in [-0.15, -0.1) is 0 Å². The second kappa shape index (κ2) is 9.58. The summed E-state index contributed by atoms with van der Waals surface area (Å²) in [5.74, 6) is 1.02. The first kappa shape index (κ1) is 19.5. The number of likely N-dealkylation sites (N-methyl/N-ethyl adjacent to an activating group) is 1. The van der Waals surface area contributed by atoms with Crippen LogP contribution in [0.25, 0.3) is 0 Å². The summed E-state index contributed by atoms with van der Waals surface area (Å²) in [5, 5.41) is 0.647. The predicted molar refractivity (Wildman–Crippen MR) is 105 cm³/mol. The number of carbonyl (C=O) groups is 1. The van der Waals surface area contributed by atoms with Crippen LogP contribution in [0.4, 0.5) is 0 Å². The Morgan fingerprint density at radius 1 is 1.12 bits per heavy atom. The van der Waals surface area contributed by atoms with E-state index in [1.807, 2.05) is 29.2 Å². The van der Waals surface area contributed by atoms with Gasteiger partial charge in [-0.3, -0.25) is 4.79 Å². The van der Waals surface area contributed by atoms with Gasteiger partial charge in [0.05, 0.1) is 5.02 Å². The highest BCUT2D eigenvalue weighted by Crippen LogP contribution is 2.26. The van der Waals surface area contributed by atoms with E-state index in [0.717, 1.165) is 64.4 Å². The molecule has 0 radical (unpaired) electrons. The molecule has 2 aliphatic heterocycles. The van der Waals surface area contributed by atoms with Crippen LogP contribution in [0.15, 0.2) is 24.3 Å². The monoisotopic (exact) mass is 379 g/mol. The number of para-hydroxylation sites is 1. The third-order valence-electron chi connectivity index (χ3n) is 5.38. The third-order valence-corrected chi connectivity index (χ3v) is 5.69. The molecule has 26 heavy (non-hydrogen) atoms. The fraction of sp³-hybridized carbons (Fsp3) is 0.650. The van der Waals surface area contributed by atoms with E-state index >= 15 is 0 Å². The zero-order valence-electron chi connectivity index (χ0n) is 15.7. The smallest absolute Gasteiger partial charge is 0.223 e. The minimum absolute atomic E-state index is 0.139. The Hall–Kier alpha value is -1.30. The number of rotatable bonds is 5. The molecule has 0 N–H and O–H groups in total. The number of nitrogens with zero attached hydrogens (tertiary/aromatic N) is 3. The minimum atomic E-state index is 0.139. The first-order valence-electron chi connectivity index (χ1n) is 9.71. The van der Waals surface area contributed by atoms with Crippen molar-refractivity contribution in [1.82, 2.24) is 14.7 Å². The van der Waals surface area contributed by atoms with Crippen LogP contribution < -0.4 is 4.74 Å². The van der Waals surface area contributed by atoms with E-state index in [2.05, 4.69) is 16.8 Å². The van der Waals surface area contributed by atoms with E-state index in [1.54, 1.807) is 0 Å². The van der Waals surface area contributed by atoms with Gasteiger partial charge in [0.2, 0.25) is 5.91 Å². The molecule has 0 spiro atoms. The molecule has 6 heteroatoms. The fourth-order valence-electron chi connectivity index (χ4n) is 3.68. The lowest BCUT2D eigenvalue weighted by molar-refractivity contribution is -0.133. The van der Waals surface area contributed by atoms with Crippen LogP contribution in [-0.2, 0) is 4.79 Å². The first-order valence-corrected chi connectivity index (χ1v) is 10.1. The van der Waals surface area contributed by atoms with Gasteiger partial charge in [0, 0.05) is 52.0 Å². The van der Waals surface area contributed by atoms with Crippen molar-refractivity contribution in [2.24, 2.45) is 0 Å². The van der Waals surface area contributed by atoms with Crippen molar-refractivity contribution in [3.05, 3.63) is 29.3 Å². The maximum Gasteiger partial charge on any atom is 0.223 e. The molecule has 0 bridgehead atoms. The summed E-state index contributed by atoms with van der Waals surface area (Å²) >= 11 is 6.16. The maximum absolute atomic E-state index is 12.5. The highest BCUT2D eigenvalue weighted by molar-refractivity contribution is 6.32. The van der Waals surface area contributed by atoms with Crippen molar-refractivity contribution >= 4 is 17.5 Å². The standard InChI is InChI=1S/C20H30ClN3O2/c1-22-10-4-11-23(16-15-22)12-9-20(25)24-13-7-17(8-14-24)26-19-6-3-2-5-18(19)21/h2-3,5-6,17H,4,7-16H2,1H3. The third kappa shape index (κ3) is 5.60. The largest absolute Gasteiger partial charge is 0.489 e. The zero-order valence-corrected chi connectivity index (χ0v) is 16.5. The number of carbonyl (C=O) groups excluding carboxylic acids is 1. The van der Waals surface area contributed by atoms with Crippen molar-refractivity contribution in [3.8, 4) is 5.75 Å². The average molecular weight is 380 g/mol. The molecule has 0 aliphatic carbocycles. The van der Waals surface area contributed by atoms with E-state index < -0.39 is 0 Å². The minimum Gasteiger partial charge on any atom is -0.489 e. The Labute approximate surface area is 161 Å². The summed E-state index contributed by atoms with van der Waals surface area (Å²) in [5.41, 5.74) is 0. The molecule has 0 saturated carbocycles. The van der Waals surface area contributed by atoms with Crippen molar-refractivity contribution in [1.29, 1.82) is 0 Å². The molecule has 1 aromatic rings. The van der Waals surface area contributed by atoms with Crippen LogP contribution in [0.3, 0.4) is 0 Å². The van der Waals surface area contributed by atoms with Gasteiger partial charge in [-0.25, -0.2) is 0 Å². The molecular weight excluding hydrogens is 350 g/mol. The number of hydrogen-bond acceptors (Lipinski definition) is 4. The number of likely N-dealkylation sites (tertiary alicyclic amines) is 1. The number of piperidine rings is 1. The molecule has 144 valence electrons. The van der Waals surface area contributed by atoms with Crippen molar-refractivity contribution in [2.75, 3.05) is 52.9 Å². The Bertz CT molecular complexity index is 590. The fourth-order valence-corrected chi connectivity index (χ4v) is 3.86. The van der Waals surface area contributed by atoms with Crippen molar-refractivity contribution in [3.63, 3.8) is 0 Å². The first-order chi connectivity index (χ1) is 12.6. The average Bonchev–Trinajstić information content (AvgIpc) is 2.86. The second-order valence-electron chi connectivity index (χ2n) is 7.38. The Morgan fingerprint density at radius 2 is 1.88 bits per heavy atom. The Balaban J connectivity index is 1.39. The molecule has 0 unspecified atom stereocenters. The highest BCUT2D eigenvalue weighted by atomic mass is 35.5. The summed E-state index contributed by atoms with van der Waals surface area (Å²) in [4.78, 5) is 19.3. The van der Waals surface area contributed by atoms with Crippen LogP contribution in [0.5, 0.6) is 5.75 Å². The predicted octanol–water partition coefficient (Wildman–Crippen LogP) is 2.74. The van der Waals surface area contributed by atoms with Gasteiger partial charge in [0.15, 0.2) is 0 Å². The molecule has 2 saturated heterocycles. The molecule has 0 aromatic heterocycles. The molecule has 1 aromatic carbocycles. The topological polar surface area (TPSA) is 36.0 Å². The number of ether oxygens (including phenoxy) is 1. The van der Waals surface area contributed by atoms with Crippen LogP contribution in [0, 0.1) is 0 Å². The van der Waals surface area contributed by atoms with Gasteiger partial charge >= 0.3 is 0 Å². The molecule has 5 nitrogen and oxygen atoms in total. The Kier molecular flexibility index (Phi) is 7.17. The summed E-state index contributed by atoms with van der Waals surface area (Å²) in [7, 11) is 2.17. The van der Waals surface area contributed by atoms with Gasteiger partial charge in [-0.05, 0) is 38.7 Å². The van der Waals surface area contributed by atoms with Gasteiger partial charge in [0.25, 0.3) is 0 Å². The van der Waals surface area contributed by atoms with Crippen LogP contribution in [0.2, 0.25) is 5.02 Å². The van der Waals surface area contributed by atoms with E-state index in [9.17, 15) is 4.79 Å². The SMILES string of the molecule is CN1CCCN(CCC(=O)N2CCC(Oc3ccccc3Cl)CC2)CC1. The normalized spacial score (nSPS) is 20.8. The molecule has 3 rings (SSSR count). The lowest BCUT2D eigenvalue weighted by atomic mass is 10.1.